The van der Waals surface area contributed by atoms with Crippen molar-refractivity contribution in [2.75, 3.05) is 6.54 Å². The van der Waals surface area contributed by atoms with Gasteiger partial charge < -0.3 is 5.73 Å². The molecular formula is C10H16BrN3. The van der Waals surface area contributed by atoms with Crippen LogP contribution in [0.15, 0.2) is 4.60 Å². The van der Waals surface area contributed by atoms with Crippen molar-refractivity contribution in [2.45, 2.75) is 31.6 Å². The molecule has 0 saturated carbocycles. The van der Waals surface area contributed by atoms with Crippen LogP contribution in [0, 0.1) is 0 Å². The third kappa shape index (κ3) is 1.61. The van der Waals surface area contributed by atoms with E-state index < -0.39 is 0 Å². The molecule has 0 aliphatic heterocycles. The molecule has 1 atom stereocenters. The summed E-state index contributed by atoms with van der Waals surface area (Å²) in [4.78, 5) is 0. The predicted octanol–water partition coefficient (Wildman–Crippen LogP) is 1.95. The van der Waals surface area contributed by atoms with Gasteiger partial charge in [0.25, 0.3) is 0 Å². The van der Waals surface area contributed by atoms with Crippen LogP contribution in [0.1, 0.15) is 36.4 Å². The summed E-state index contributed by atoms with van der Waals surface area (Å²) in [5, 5.41) is 4.51. The van der Waals surface area contributed by atoms with E-state index in [1.54, 1.807) is 0 Å². The van der Waals surface area contributed by atoms with Crippen LogP contribution in [-0.4, -0.2) is 16.3 Å². The molecule has 2 N–H and O–H groups in total. The summed E-state index contributed by atoms with van der Waals surface area (Å²) in [6.07, 6.45) is 4.71. The van der Waals surface area contributed by atoms with Gasteiger partial charge in [-0.3, -0.25) is 4.68 Å². The average Bonchev–Trinajstić information content (AvgIpc) is 2.45. The first-order chi connectivity index (χ1) is 6.74. The maximum atomic E-state index is 5.63. The monoisotopic (exact) mass is 257 g/mol. The molecule has 1 unspecified atom stereocenters. The van der Waals surface area contributed by atoms with E-state index >= 15 is 0 Å². The van der Waals surface area contributed by atoms with Crippen LogP contribution < -0.4 is 5.73 Å². The van der Waals surface area contributed by atoms with Crippen molar-refractivity contribution < 1.29 is 0 Å². The van der Waals surface area contributed by atoms with Crippen molar-refractivity contribution in [3.8, 4) is 0 Å². The molecule has 1 aliphatic rings. The molecule has 0 radical (unpaired) electrons. The second kappa shape index (κ2) is 4.03. The largest absolute Gasteiger partial charge is 0.330 e. The zero-order chi connectivity index (χ0) is 10.1. The van der Waals surface area contributed by atoms with E-state index in [-0.39, 0.29) is 0 Å². The summed E-state index contributed by atoms with van der Waals surface area (Å²) >= 11 is 3.61. The molecule has 0 spiro atoms. The highest BCUT2D eigenvalue weighted by Crippen LogP contribution is 2.37. The lowest BCUT2D eigenvalue weighted by Gasteiger charge is -2.21. The normalized spacial score (nSPS) is 20.9. The molecule has 1 aliphatic carbocycles. The highest BCUT2D eigenvalue weighted by molar-refractivity contribution is 9.10. The molecule has 4 heteroatoms. The van der Waals surface area contributed by atoms with Gasteiger partial charge in [0.15, 0.2) is 0 Å². The van der Waals surface area contributed by atoms with E-state index in [2.05, 4.69) is 21.0 Å². The fourth-order valence-electron chi connectivity index (χ4n) is 2.31. The Kier molecular flexibility index (Phi) is 2.93. The molecule has 0 aromatic carbocycles. The zero-order valence-electron chi connectivity index (χ0n) is 8.46. The van der Waals surface area contributed by atoms with Crippen molar-refractivity contribution in [1.82, 2.24) is 9.78 Å². The average molecular weight is 258 g/mol. The van der Waals surface area contributed by atoms with Crippen molar-refractivity contribution in [1.29, 1.82) is 0 Å². The van der Waals surface area contributed by atoms with Crippen molar-refractivity contribution in [3.05, 3.63) is 15.9 Å². The maximum Gasteiger partial charge on any atom is 0.107 e. The molecule has 1 heterocycles. The summed E-state index contributed by atoms with van der Waals surface area (Å²) in [7, 11) is 1.99. The Balaban J connectivity index is 2.36. The standard InChI is InChI=1S/C10H16BrN3/c1-14-10(11)9-7(5-6-12)3-2-4-8(9)13-14/h7H,2-6,12H2,1H3. The first-order valence-electron chi connectivity index (χ1n) is 5.15. The Bertz CT molecular complexity index is 332. The Morgan fingerprint density at radius 1 is 1.64 bits per heavy atom. The number of fused-ring (bicyclic) bond motifs is 1. The van der Waals surface area contributed by atoms with Crippen LogP contribution in [0.25, 0.3) is 0 Å². The van der Waals surface area contributed by atoms with E-state index in [0.717, 1.165) is 24.0 Å². The van der Waals surface area contributed by atoms with E-state index in [1.807, 2.05) is 11.7 Å². The molecule has 78 valence electrons. The molecule has 0 saturated heterocycles. The van der Waals surface area contributed by atoms with Gasteiger partial charge in [-0.15, -0.1) is 0 Å². The van der Waals surface area contributed by atoms with Gasteiger partial charge in [-0.2, -0.15) is 5.10 Å². The van der Waals surface area contributed by atoms with Gasteiger partial charge in [0.2, 0.25) is 0 Å². The Morgan fingerprint density at radius 3 is 3.14 bits per heavy atom. The van der Waals surface area contributed by atoms with Gasteiger partial charge in [-0.25, -0.2) is 0 Å². The van der Waals surface area contributed by atoms with Gasteiger partial charge in [-0.05, 0) is 54.1 Å². The van der Waals surface area contributed by atoms with Crippen molar-refractivity contribution >= 4 is 15.9 Å². The molecule has 1 aromatic rings. The van der Waals surface area contributed by atoms with Crippen LogP contribution in [0.5, 0.6) is 0 Å². The number of aryl methyl sites for hydroxylation is 2. The first-order valence-corrected chi connectivity index (χ1v) is 5.94. The second-order valence-corrected chi connectivity index (χ2v) is 4.69. The molecule has 14 heavy (non-hydrogen) atoms. The van der Waals surface area contributed by atoms with E-state index in [4.69, 9.17) is 5.73 Å². The lowest BCUT2D eigenvalue weighted by Crippen LogP contribution is -2.13. The number of hydrogen-bond acceptors (Lipinski definition) is 2. The van der Waals surface area contributed by atoms with E-state index in [0.29, 0.717) is 5.92 Å². The number of nitrogens with zero attached hydrogens (tertiary/aromatic N) is 2. The zero-order valence-corrected chi connectivity index (χ0v) is 10.0. The number of hydrogen-bond donors (Lipinski definition) is 1. The van der Waals surface area contributed by atoms with Gasteiger partial charge in [0, 0.05) is 12.6 Å². The second-order valence-electron chi connectivity index (χ2n) is 3.94. The molecule has 0 bridgehead atoms. The highest BCUT2D eigenvalue weighted by Gasteiger charge is 2.25. The van der Waals surface area contributed by atoms with Crippen LogP contribution in [0.4, 0.5) is 0 Å². The smallest absolute Gasteiger partial charge is 0.107 e. The Hall–Kier alpha value is -0.350. The van der Waals surface area contributed by atoms with Crippen molar-refractivity contribution in [2.24, 2.45) is 12.8 Å². The minimum absolute atomic E-state index is 0.617. The molecule has 0 amide bonds. The summed E-state index contributed by atoms with van der Waals surface area (Å²) in [5.74, 6) is 0.617. The number of halogens is 1. The molecule has 3 nitrogen and oxygen atoms in total. The number of nitrogens with two attached hydrogens (primary N) is 1. The van der Waals surface area contributed by atoms with Gasteiger partial charge in [0.05, 0.1) is 5.69 Å². The molecule has 0 fully saturated rings. The summed E-state index contributed by atoms with van der Waals surface area (Å²) < 4.78 is 3.07. The minimum atomic E-state index is 0.617. The highest BCUT2D eigenvalue weighted by atomic mass is 79.9. The SMILES string of the molecule is Cn1nc2c(c1Br)C(CCN)CCC2. The molecule has 1 aromatic heterocycles. The van der Waals surface area contributed by atoms with E-state index in [1.165, 1.54) is 24.1 Å². The Labute approximate surface area is 92.8 Å². The fourth-order valence-corrected chi connectivity index (χ4v) is 2.94. The fraction of sp³-hybridized carbons (Fsp3) is 0.700. The van der Waals surface area contributed by atoms with Crippen LogP contribution in [-0.2, 0) is 13.5 Å². The van der Waals surface area contributed by atoms with Crippen LogP contribution in [0.2, 0.25) is 0 Å². The quantitative estimate of drug-likeness (QED) is 0.881. The van der Waals surface area contributed by atoms with Gasteiger partial charge >= 0.3 is 0 Å². The lowest BCUT2D eigenvalue weighted by atomic mass is 9.85. The molecular weight excluding hydrogens is 242 g/mol. The maximum absolute atomic E-state index is 5.63. The summed E-state index contributed by atoms with van der Waals surface area (Å²) in [6.45, 7) is 0.769. The number of rotatable bonds is 2. The minimum Gasteiger partial charge on any atom is -0.330 e. The van der Waals surface area contributed by atoms with E-state index in [9.17, 15) is 0 Å². The predicted molar refractivity (Wildman–Crippen MR) is 60.3 cm³/mol. The lowest BCUT2D eigenvalue weighted by molar-refractivity contribution is 0.522. The molecule has 2 rings (SSSR count). The summed E-state index contributed by atoms with van der Waals surface area (Å²) in [6, 6.07) is 0. The van der Waals surface area contributed by atoms with Crippen LogP contribution in [0.3, 0.4) is 0 Å². The van der Waals surface area contributed by atoms with Crippen molar-refractivity contribution in [3.63, 3.8) is 0 Å². The van der Waals surface area contributed by atoms with Crippen LogP contribution >= 0.6 is 15.9 Å². The summed E-state index contributed by atoms with van der Waals surface area (Å²) in [5.41, 5.74) is 8.31. The Morgan fingerprint density at radius 2 is 2.43 bits per heavy atom. The third-order valence-electron chi connectivity index (χ3n) is 2.98. The topological polar surface area (TPSA) is 43.8 Å². The van der Waals surface area contributed by atoms with Gasteiger partial charge in [-0.1, -0.05) is 0 Å². The van der Waals surface area contributed by atoms with Gasteiger partial charge in [0.1, 0.15) is 4.60 Å². The number of aromatic nitrogens is 2. The first kappa shape index (κ1) is 10.2. The third-order valence-corrected chi connectivity index (χ3v) is 3.92.